The molecule has 2 spiro atoms. The van der Waals surface area contributed by atoms with E-state index in [1.165, 1.54) is 24.0 Å². The maximum atomic E-state index is 14.0. The first-order chi connectivity index (χ1) is 17.5. The molecule has 6 heteroatoms. The number of nitrogens with zero attached hydrogens (tertiary/aromatic N) is 1. The Hall–Kier alpha value is -2.83. The zero-order valence-corrected chi connectivity index (χ0v) is 20.4. The largest absolute Gasteiger partial charge is 0.493 e. The van der Waals surface area contributed by atoms with Crippen LogP contribution in [0, 0.1) is 10.8 Å². The van der Waals surface area contributed by atoms with Gasteiger partial charge in [-0.25, -0.2) is 0 Å². The average molecular weight is 483 g/mol. The van der Waals surface area contributed by atoms with Crippen molar-refractivity contribution in [1.82, 2.24) is 10.2 Å². The molecule has 2 aliphatic heterocycles. The fraction of sp³-hybridized carbons (Fsp3) is 0.500. The molecule has 2 aromatic rings. The topological polar surface area (TPSA) is 71.0 Å². The van der Waals surface area contributed by atoms with E-state index < -0.39 is 17.1 Å². The highest BCUT2D eigenvalue weighted by Crippen LogP contribution is 2.87. The Morgan fingerprint density at radius 1 is 1.22 bits per heavy atom. The lowest BCUT2D eigenvalue weighted by molar-refractivity contribution is -0.174. The minimum atomic E-state index is -1.26. The van der Waals surface area contributed by atoms with Crippen molar-refractivity contribution in [3.8, 4) is 11.5 Å². The van der Waals surface area contributed by atoms with Crippen LogP contribution in [-0.4, -0.2) is 53.4 Å². The first kappa shape index (κ1) is 20.3. The van der Waals surface area contributed by atoms with Crippen molar-refractivity contribution in [2.24, 2.45) is 10.8 Å². The monoisotopic (exact) mass is 482 g/mol. The molecule has 6 aliphatic carbocycles. The van der Waals surface area contributed by atoms with E-state index in [0.29, 0.717) is 25.0 Å². The second-order valence-corrected chi connectivity index (χ2v) is 12.2. The van der Waals surface area contributed by atoms with Gasteiger partial charge in [0.15, 0.2) is 11.5 Å². The number of hydrogen-bond donors (Lipinski definition) is 2. The fourth-order valence-corrected chi connectivity index (χ4v) is 9.58. The van der Waals surface area contributed by atoms with Crippen LogP contribution in [0.4, 0.5) is 0 Å². The Labute approximate surface area is 210 Å². The Balaban J connectivity index is 1.20. The van der Waals surface area contributed by atoms with Gasteiger partial charge in [0.05, 0.1) is 12.5 Å². The number of methoxy groups -OCH3 is 1. The quantitative estimate of drug-likeness (QED) is 0.642. The van der Waals surface area contributed by atoms with Gasteiger partial charge in [-0.05, 0) is 61.4 Å². The molecule has 3 unspecified atom stereocenters. The summed E-state index contributed by atoms with van der Waals surface area (Å²) in [5, 5.41) is 15.6. The molecule has 36 heavy (non-hydrogen) atoms. The number of hydrogen-bond acceptors (Lipinski definition) is 5. The van der Waals surface area contributed by atoms with Gasteiger partial charge in [-0.15, -0.1) is 0 Å². The van der Waals surface area contributed by atoms with Crippen molar-refractivity contribution in [1.29, 1.82) is 0 Å². The van der Waals surface area contributed by atoms with E-state index in [1.807, 2.05) is 36.4 Å². The number of likely N-dealkylation sites (tertiary alicyclic amines) is 1. The third kappa shape index (κ3) is 1.87. The molecule has 6 nitrogen and oxygen atoms in total. The summed E-state index contributed by atoms with van der Waals surface area (Å²) in [4.78, 5) is 16.7. The molecule has 10 rings (SSSR count). The molecule has 1 saturated heterocycles. The van der Waals surface area contributed by atoms with E-state index in [1.54, 1.807) is 7.11 Å². The third-order valence-electron chi connectivity index (χ3n) is 11.1. The Kier molecular flexibility index (Phi) is 3.38. The number of ether oxygens (including phenoxy) is 2. The lowest BCUT2D eigenvalue weighted by atomic mass is 9.41. The summed E-state index contributed by atoms with van der Waals surface area (Å²) in [6.45, 7) is 1.49. The van der Waals surface area contributed by atoms with Gasteiger partial charge in [-0.1, -0.05) is 42.5 Å². The summed E-state index contributed by atoms with van der Waals surface area (Å²) in [6, 6.07) is 15.2. The lowest BCUT2D eigenvalue weighted by Crippen LogP contribution is -2.75. The predicted molar refractivity (Wildman–Crippen MR) is 132 cm³/mol. The molecule has 0 aromatic heterocycles. The van der Waals surface area contributed by atoms with Crippen LogP contribution in [0.25, 0.3) is 0 Å². The normalized spacial score (nSPS) is 41.8. The van der Waals surface area contributed by atoms with E-state index >= 15 is 0 Å². The standard InChI is InChI=1S/C30H30N2O4/c1-35-20-10-7-18-13-22-27-14-21-29(16-27,26(33)31-15-17-5-3-2-4-6-17)30(21,34)25-28(27,23(18)24(20)36-25)11-12-32(22)19-8-9-19/h2-7,10,14,19,22,25,34H,8-9,11-13,15-16H2,1H3,(H,31,33)/t22?,25-,27-,28?,29-,30?/m1/s1. The van der Waals surface area contributed by atoms with Gasteiger partial charge in [0.1, 0.15) is 17.1 Å². The van der Waals surface area contributed by atoms with Crippen molar-refractivity contribution in [2.75, 3.05) is 13.7 Å². The van der Waals surface area contributed by atoms with Crippen molar-refractivity contribution in [2.45, 2.75) is 67.9 Å². The van der Waals surface area contributed by atoms with Crippen molar-refractivity contribution in [3.63, 3.8) is 0 Å². The first-order valence-electron chi connectivity index (χ1n) is 13.4. The van der Waals surface area contributed by atoms with Crippen LogP contribution in [0.3, 0.4) is 0 Å². The molecular weight excluding hydrogens is 452 g/mol. The van der Waals surface area contributed by atoms with Crippen molar-refractivity contribution < 1.29 is 19.4 Å². The maximum Gasteiger partial charge on any atom is 0.234 e. The zero-order chi connectivity index (χ0) is 24.1. The zero-order valence-electron chi connectivity index (χ0n) is 20.4. The third-order valence-corrected chi connectivity index (χ3v) is 11.1. The van der Waals surface area contributed by atoms with E-state index in [0.717, 1.165) is 42.0 Å². The molecule has 2 N–H and O–H groups in total. The molecule has 1 amide bonds. The number of nitrogens with one attached hydrogen (secondary N) is 1. The van der Waals surface area contributed by atoms with Crippen LogP contribution in [0.15, 0.2) is 54.1 Å². The summed E-state index contributed by atoms with van der Waals surface area (Å²) in [5.41, 5.74) is 1.89. The SMILES string of the molecule is COc1ccc2c3c1O[C@H]1C4(O)C5=C[C@@]6(C[C@]54C(=O)NCc4ccccc4)C(C2)N(C2CC2)CCC316. The van der Waals surface area contributed by atoms with Gasteiger partial charge in [0.25, 0.3) is 0 Å². The molecule has 184 valence electrons. The Morgan fingerprint density at radius 3 is 2.83 bits per heavy atom. The number of carbonyl (C=O) groups is 1. The minimum Gasteiger partial charge on any atom is -0.493 e. The molecule has 2 aromatic carbocycles. The van der Waals surface area contributed by atoms with Gasteiger partial charge in [0, 0.05) is 29.6 Å². The van der Waals surface area contributed by atoms with Gasteiger partial charge >= 0.3 is 0 Å². The predicted octanol–water partition coefficient (Wildman–Crippen LogP) is 2.86. The second-order valence-electron chi connectivity index (χ2n) is 12.2. The Bertz CT molecular complexity index is 1400. The highest BCUT2D eigenvalue weighted by atomic mass is 16.5. The number of aliphatic hydroxyl groups is 1. The van der Waals surface area contributed by atoms with Crippen LogP contribution in [0.5, 0.6) is 11.5 Å². The molecular formula is C30H30N2O4. The number of benzene rings is 2. The van der Waals surface area contributed by atoms with Crippen molar-refractivity contribution in [3.05, 3.63) is 70.8 Å². The minimum absolute atomic E-state index is 0.0554. The molecule has 6 bridgehead atoms. The van der Waals surface area contributed by atoms with E-state index in [4.69, 9.17) is 9.47 Å². The molecule has 0 radical (unpaired) electrons. The van der Waals surface area contributed by atoms with Crippen LogP contribution in [-0.2, 0) is 23.2 Å². The molecule has 3 saturated carbocycles. The smallest absolute Gasteiger partial charge is 0.234 e. The lowest BCUT2D eigenvalue weighted by Gasteiger charge is -2.66. The Morgan fingerprint density at radius 2 is 2.06 bits per heavy atom. The average Bonchev–Trinajstić information content (AvgIpc) is 3.72. The highest BCUT2D eigenvalue weighted by molar-refractivity contribution is 5.99. The number of carbonyl (C=O) groups excluding carboxylic acids is 1. The van der Waals surface area contributed by atoms with Crippen LogP contribution >= 0.6 is 0 Å². The number of amides is 1. The summed E-state index contributed by atoms with van der Waals surface area (Å²) in [5.74, 6) is 1.49. The van der Waals surface area contributed by atoms with Crippen molar-refractivity contribution >= 4 is 5.91 Å². The summed E-state index contributed by atoms with van der Waals surface area (Å²) < 4.78 is 12.5. The molecule has 2 heterocycles. The molecule has 4 fully saturated rings. The van der Waals surface area contributed by atoms with Gasteiger partial charge in [0.2, 0.25) is 5.91 Å². The number of rotatable bonds is 5. The van der Waals surface area contributed by atoms with Gasteiger partial charge in [-0.2, -0.15) is 0 Å². The van der Waals surface area contributed by atoms with E-state index in [9.17, 15) is 9.90 Å². The summed E-state index contributed by atoms with van der Waals surface area (Å²) >= 11 is 0. The first-order valence-corrected chi connectivity index (χ1v) is 13.4. The van der Waals surface area contributed by atoms with Crippen LogP contribution in [0.1, 0.15) is 42.4 Å². The van der Waals surface area contributed by atoms with Crippen LogP contribution in [0.2, 0.25) is 0 Å². The van der Waals surface area contributed by atoms with E-state index in [-0.39, 0.29) is 16.7 Å². The highest BCUT2D eigenvalue weighted by Gasteiger charge is 2.95. The molecule has 8 aliphatic rings. The van der Waals surface area contributed by atoms with Crippen LogP contribution < -0.4 is 14.8 Å². The van der Waals surface area contributed by atoms with Gasteiger partial charge in [-0.3, -0.25) is 9.69 Å². The van der Waals surface area contributed by atoms with Gasteiger partial charge < -0.3 is 19.9 Å². The van der Waals surface area contributed by atoms with E-state index in [2.05, 4.69) is 22.4 Å². The number of piperidine rings is 1. The fourth-order valence-electron chi connectivity index (χ4n) is 9.58. The second kappa shape index (κ2) is 6.00. The molecule has 6 atom stereocenters. The summed E-state index contributed by atoms with van der Waals surface area (Å²) in [6.07, 6.45) is 7.04. The maximum absolute atomic E-state index is 14.0. The summed E-state index contributed by atoms with van der Waals surface area (Å²) in [7, 11) is 1.69.